The first-order valence-corrected chi connectivity index (χ1v) is 6.80. The minimum absolute atomic E-state index is 0.0208. The van der Waals surface area contributed by atoms with Crippen LogP contribution in [0, 0.1) is 0 Å². The third-order valence-corrected chi connectivity index (χ3v) is 3.40. The summed E-state index contributed by atoms with van der Waals surface area (Å²) < 4.78 is 0. The molecule has 1 aromatic heterocycles. The third kappa shape index (κ3) is 3.67. The molecular weight excluding hydrogens is 266 g/mol. The van der Waals surface area contributed by atoms with Gasteiger partial charge in [-0.05, 0) is 25.0 Å². The van der Waals surface area contributed by atoms with Crippen LogP contribution >= 0.6 is 11.6 Å². The van der Waals surface area contributed by atoms with Gasteiger partial charge in [0, 0.05) is 25.3 Å². The third-order valence-electron chi connectivity index (χ3n) is 3.15. The summed E-state index contributed by atoms with van der Waals surface area (Å²) in [5.41, 5.74) is 0.464. The summed E-state index contributed by atoms with van der Waals surface area (Å²) in [5, 5.41) is 2.84. The highest BCUT2D eigenvalue weighted by atomic mass is 35.5. The summed E-state index contributed by atoms with van der Waals surface area (Å²) >= 11 is 5.45. The van der Waals surface area contributed by atoms with Gasteiger partial charge in [0.05, 0.1) is 0 Å². The molecule has 0 atom stereocenters. The molecule has 1 aliphatic rings. The van der Waals surface area contributed by atoms with E-state index in [1.807, 2.05) is 0 Å². The van der Waals surface area contributed by atoms with Crippen LogP contribution in [0.4, 0.5) is 0 Å². The number of hydrogen-bond donors (Lipinski definition) is 1. The first-order valence-electron chi connectivity index (χ1n) is 6.26. The molecule has 2 rings (SSSR count). The van der Waals surface area contributed by atoms with Gasteiger partial charge in [0.15, 0.2) is 0 Å². The lowest BCUT2D eigenvalue weighted by Crippen LogP contribution is -2.47. The number of carbonyl (C=O) groups excluding carboxylic acids is 2. The second-order valence-corrected chi connectivity index (χ2v) is 4.75. The van der Waals surface area contributed by atoms with Gasteiger partial charge in [-0.1, -0.05) is 6.07 Å². The van der Waals surface area contributed by atoms with Crippen molar-refractivity contribution in [1.29, 1.82) is 0 Å². The maximum absolute atomic E-state index is 12.1. The van der Waals surface area contributed by atoms with Crippen molar-refractivity contribution < 1.29 is 9.59 Å². The summed E-state index contributed by atoms with van der Waals surface area (Å²) in [7, 11) is 0. The summed E-state index contributed by atoms with van der Waals surface area (Å²) in [6.07, 6.45) is 3.11. The van der Waals surface area contributed by atoms with Crippen LogP contribution in [0.5, 0.6) is 0 Å². The molecule has 0 aromatic carbocycles. The van der Waals surface area contributed by atoms with Crippen LogP contribution in [0.15, 0.2) is 24.4 Å². The molecule has 1 N–H and O–H groups in total. The largest absolute Gasteiger partial charge is 0.352 e. The van der Waals surface area contributed by atoms with Crippen molar-refractivity contribution in [2.45, 2.75) is 18.9 Å². The van der Waals surface area contributed by atoms with E-state index < -0.39 is 0 Å². The van der Waals surface area contributed by atoms with Gasteiger partial charge in [0.1, 0.15) is 11.6 Å². The number of nitrogens with zero attached hydrogens (tertiary/aromatic N) is 2. The van der Waals surface area contributed by atoms with Crippen LogP contribution < -0.4 is 5.32 Å². The zero-order chi connectivity index (χ0) is 13.7. The van der Waals surface area contributed by atoms with E-state index in [-0.39, 0.29) is 23.7 Å². The summed E-state index contributed by atoms with van der Waals surface area (Å²) in [4.78, 5) is 29.1. The SMILES string of the molecule is O=C(CCl)NC1CCN(C(=O)c2ccccn2)CC1. The normalized spacial score (nSPS) is 16.2. The van der Waals surface area contributed by atoms with Crippen molar-refractivity contribution in [2.24, 2.45) is 0 Å². The van der Waals surface area contributed by atoms with Gasteiger partial charge >= 0.3 is 0 Å². The Balaban J connectivity index is 1.86. The minimum Gasteiger partial charge on any atom is -0.352 e. The van der Waals surface area contributed by atoms with Crippen LogP contribution in [-0.2, 0) is 4.79 Å². The molecule has 2 amide bonds. The highest BCUT2D eigenvalue weighted by molar-refractivity contribution is 6.27. The second-order valence-electron chi connectivity index (χ2n) is 4.48. The predicted molar refractivity (Wildman–Crippen MR) is 72.0 cm³/mol. The van der Waals surface area contributed by atoms with E-state index >= 15 is 0 Å². The average Bonchev–Trinajstić information content (AvgIpc) is 2.48. The minimum atomic E-state index is -0.156. The van der Waals surface area contributed by atoms with Crippen molar-refractivity contribution in [2.75, 3.05) is 19.0 Å². The van der Waals surface area contributed by atoms with Crippen molar-refractivity contribution in [1.82, 2.24) is 15.2 Å². The highest BCUT2D eigenvalue weighted by Gasteiger charge is 2.24. The van der Waals surface area contributed by atoms with E-state index in [0.717, 1.165) is 12.8 Å². The van der Waals surface area contributed by atoms with E-state index in [2.05, 4.69) is 10.3 Å². The lowest BCUT2D eigenvalue weighted by atomic mass is 10.0. The molecule has 0 saturated carbocycles. The molecule has 1 saturated heterocycles. The quantitative estimate of drug-likeness (QED) is 0.842. The molecule has 5 nitrogen and oxygen atoms in total. The van der Waals surface area contributed by atoms with Crippen molar-refractivity contribution in [3.05, 3.63) is 30.1 Å². The molecule has 0 radical (unpaired) electrons. The maximum Gasteiger partial charge on any atom is 0.272 e. The van der Waals surface area contributed by atoms with Gasteiger partial charge < -0.3 is 10.2 Å². The fraction of sp³-hybridized carbons (Fsp3) is 0.462. The van der Waals surface area contributed by atoms with Crippen LogP contribution in [0.1, 0.15) is 23.3 Å². The maximum atomic E-state index is 12.1. The molecule has 2 heterocycles. The fourth-order valence-corrected chi connectivity index (χ4v) is 2.22. The number of nitrogens with one attached hydrogen (secondary N) is 1. The van der Waals surface area contributed by atoms with E-state index in [1.165, 1.54) is 0 Å². The van der Waals surface area contributed by atoms with Gasteiger partial charge in [-0.2, -0.15) is 0 Å². The van der Waals surface area contributed by atoms with E-state index in [1.54, 1.807) is 29.3 Å². The first kappa shape index (κ1) is 13.8. The Bertz CT molecular complexity index is 444. The van der Waals surface area contributed by atoms with Crippen LogP contribution in [0.3, 0.4) is 0 Å². The molecule has 0 spiro atoms. The number of hydrogen-bond acceptors (Lipinski definition) is 3. The number of pyridine rings is 1. The van der Waals surface area contributed by atoms with Gasteiger partial charge in [-0.3, -0.25) is 14.6 Å². The lowest BCUT2D eigenvalue weighted by Gasteiger charge is -2.32. The van der Waals surface area contributed by atoms with Crippen molar-refractivity contribution in [3.8, 4) is 0 Å². The van der Waals surface area contributed by atoms with Crippen LogP contribution in [0.25, 0.3) is 0 Å². The zero-order valence-corrected chi connectivity index (χ0v) is 11.3. The number of alkyl halides is 1. The van der Waals surface area contributed by atoms with Gasteiger partial charge in [-0.25, -0.2) is 0 Å². The smallest absolute Gasteiger partial charge is 0.272 e. The van der Waals surface area contributed by atoms with Crippen LogP contribution in [-0.4, -0.2) is 46.7 Å². The molecule has 0 unspecified atom stereocenters. The molecule has 1 aromatic rings. The molecule has 1 fully saturated rings. The molecular formula is C13H16ClN3O2. The number of piperidine rings is 1. The number of amides is 2. The number of carbonyl (C=O) groups is 2. The Hall–Kier alpha value is -1.62. The second kappa shape index (κ2) is 6.52. The number of likely N-dealkylation sites (tertiary alicyclic amines) is 1. The molecule has 0 bridgehead atoms. The van der Waals surface area contributed by atoms with E-state index in [0.29, 0.717) is 18.8 Å². The van der Waals surface area contributed by atoms with Crippen molar-refractivity contribution >= 4 is 23.4 Å². The highest BCUT2D eigenvalue weighted by Crippen LogP contribution is 2.13. The Morgan fingerprint density at radius 3 is 2.68 bits per heavy atom. The molecule has 0 aliphatic carbocycles. The number of rotatable bonds is 3. The van der Waals surface area contributed by atoms with Gasteiger partial charge in [0.25, 0.3) is 5.91 Å². The van der Waals surface area contributed by atoms with E-state index in [4.69, 9.17) is 11.6 Å². The molecule has 6 heteroatoms. The Kier molecular flexibility index (Phi) is 4.74. The Morgan fingerprint density at radius 1 is 1.37 bits per heavy atom. The van der Waals surface area contributed by atoms with Crippen LogP contribution in [0.2, 0.25) is 0 Å². The van der Waals surface area contributed by atoms with Gasteiger partial charge in [-0.15, -0.1) is 11.6 Å². The monoisotopic (exact) mass is 281 g/mol. The lowest BCUT2D eigenvalue weighted by molar-refractivity contribution is -0.119. The topological polar surface area (TPSA) is 62.3 Å². The zero-order valence-electron chi connectivity index (χ0n) is 10.5. The predicted octanol–water partition coefficient (Wildman–Crippen LogP) is 1.04. The Morgan fingerprint density at radius 2 is 2.11 bits per heavy atom. The van der Waals surface area contributed by atoms with Gasteiger partial charge in [0.2, 0.25) is 5.91 Å². The molecule has 19 heavy (non-hydrogen) atoms. The average molecular weight is 282 g/mol. The fourth-order valence-electron chi connectivity index (χ4n) is 2.14. The summed E-state index contributed by atoms with van der Waals surface area (Å²) in [6, 6.07) is 5.40. The standard InChI is InChI=1S/C13H16ClN3O2/c14-9-12(18)16-10-4-7-17(8-5-10)13(19)11-3-1-2-6-15-11/h1-3,6,10H,4-5,7-9H2,(H,16,18). The summed E-state index contributed by atoms with van der Waals surface area (Å²) in [6.45, 7) is 1.26. The first-order chi connectivity index (χ1) is 9.20. The molecule has 102 valence electrons. The Labute approximate surface area is 117 Å². The van der Waals surface area contributed by atoms with Crippen molar-refractivity contribution in [3.63, 3.8) is 0 Å². The summed E-state index contributed by atoms with van der Waals surface area (Å²) in [5.74, 6) is -0.230. The number of aromatic nitrogens is 1. The number of halogens is 1. The van der Waals surface area contributed by atoms with E-state index in [9.17, 15) is 9.59 Å². The molecule has 1 aliphatic heterocycles.